The van der Waals surface area contributed by atoms with E-state index in [2.05, 4.69) is 0 Å². The molecule has 0 saturated carbocycles. The topological polar surface area (TPSA) is 60.2 Å². The van der Waals surface area contributed by atoms with Crippen LogP contribution >= 0.6 is 0 Å². The molecule has 0 unspecified atom stereocenters. The third kappa shape index (κ3) is 2.43. The van der Waals surface area contributed by atoms with Crippen LogP contribution in [0.4, 0.5) is 5.69 Å². The largest absolute Gasteiger partial charge is 0.398 e. The van der Waals surface area contributed by atoms with E-state index in [4.69, 9.17) is 5.73 Å². The van der Waals surface area contributed by atoms with Crippen molar-refractivity contribution in [3.63, 3.8) is 0 Å². The van der Waals surface area contributed by atoms with E-state index in [-0.39, 0.29) is 0 Å². The van der Waals surface area contributed by atoms with Crippen molar-refractivity contribution in [2.75, 3.05) is 5.73 Å². The summed E-state index contributed by atoms with van der Waals surface area (Å²) in [5.41, 5.74) is 7.95. The van der Waals surface area contributed by atoms with Crippen LogP contribution in [0.25, 0.3) is 11.1 Å². The average molecular weight is 289 g/mol. The SMILES string of the molecule is CC(C)(C)S(=O)(=O)c1ccccc1-c1ccccc1N. The lowest BCUT2D eigenvalue weighted by Gasteiger charge is -2.21. The van der Waals surface area contributed by atoms with Gasteiger partial charge in [0.1, 0.15) is 0 Å². The van der Waals surface area contributed by atoms with Gasteiger partial charge in [-0.05, 0) is 32.9 Å². The van der Waals surface area contributed by atoms with Gasteiger partial charge in [-0.3, -0.25) is 0 Å². The molecular weight excluding hydrogens is 270 g/mol. The molecule has 0 amide bonds. The van der Waals surface area contributed by atoms with Gasteiger partial charge in [0.25, 0.3) is 0 Å². The Morgan fingerprint density at radius 3 is 1.90 bits per heavy atom. The van der Waals surface area contributed by atoms with Crippen molar-refractivity contribution in [1.29, 1.82) is 0 Å². The summed E-state index contributed by atoms with van der Waals surface area (Å²) in [6, 6.07) is 14.3. The van der Waals surface area contributed by atoms with Gasteiger partial charge in [0, 0.05) is 16.8 Å². The highest BCUT2D eigenvalue weighted by Crippen LogP contribution is 2.35. The van der Waals surface area contributed by atoms with Crippen LogP contribution in [0.5, 0.6) is 0 Å². The molecule has 2 N–H and O–H groups in total. The second-order valence-corrected chi connectivity index (χ2v) is 8.37. The molecule has 0 fully saturated rings. The Bertz CT molecular complexity index is 728. The normalized spacial score (nSPS) is 12.3. The molecule has 0 aliphatic rings. The maximum Gasteiger partial charge on any atom is 0.183 e. The summed E-state index contributed by atoms with van der Waals surface area (Å²) in [6.07, 6.45) is 0. The molecule has 0 heterocycles. The highest BCUT2D eigenvalue weighted by atomic mass is 32.2. The van der Waals surface area contributed by atoms with Crippen LogP contribution < -0.4 is 5.73 Å². The number of nitrogen functional groups attached to an aromatic ring is 1. The lowest BCUT2D eigenvalue weighted by molar-refractivity contribution is 0.560. The minimum Gasteiger partial charge on any atom is -0.398 e. The van der Waals surface area contributed by atoms with Gasteiger partial charge < -0.3 is 5.73 Å². The number of nitrogens with two attached hydrogens (primary N) is 1. The van der Waals surface area contributed by atoms with Crippen molar-refractivity contribution >= 4 is 15.5 Å². The summed E-state index contributed by atoms with van der Waals surface area (Å²) < 4.78 is 24.6. The lowest BCUT2D eigenvalue weighted by Crippen LogP contribution is -2.28. The highest BCUT2D eigenvalue weighted by molar-refractivity contribution is 7.92. The number of sulfone groups is 1. The van der Waals surface area contributed by atoms with E-state index >= 15 is 0 Å². The van der Waals surface area contributed by atoms with Gasteiger partial charge >= 0.3 is 0 Å². The maximum absolute atomic E-state index is 12.7. The summed E-state index contributed by atoms with van der Waals surface area (Å²) in [5.74, 6) is 0. The summed E-state index contributed by atoms with van der Waals surface area (Å²) in [4.78, 5) is 0.324. The van der Waals surface area contributed by atoms with Crippen molar-refractivity contribution in [2.45, 2.75) is 30.4 Å². The summed E-state index contributed by atoms with van der Waals surface area (Å²) in [7, 11) is -3.43. The third-order valence-electron chi connectivity index (χ3n) is 3.23. The van der Waals surface area contributed by atoms with Crippen molar-refractivity contribution in [2.24, 2.45) is 0 Å². The Kier molecular flexibility index (Phi) is 3.61. The minimum atomic E-state index is -3.43. The van der Waals surface area contributed by atoms with E-state index in [0.29, 0.717) is 16.1 Å². The van der Waals surface area contributed by atoms with E-state index in [1.165, 1.54) is 0 Å². The molecule has 0 aliphatic heterocycles. The molecule has 4 heteroatoms. The van der Waals surface area contributed by atoms with Crippen LogP contribution in [0.15, 0.2) is 53.4 Å². The first-order chi connectivity index (χ1) is 9.25. The smallest absolute Gasteiger partial charge is 0.183 e. The first-order valence-electron chi connectivity index (χ1n) is 6.43. The number of hydrogen-bond acceptors (Lipinski definition) is 3. The van der Waals surface area contributed by atoms with Crippen molar-refractivity contribution in [3.8, 4) is 11.1 Å². The standard InChI is InChI=1S/C16H19NO2S/c1-16(2,3)20(18,19)15-11-7-5-9-13(15)12-8-4-6-10-14(12)17/h4-11H,17H2,1-3H3. The second-order valence-electron chi connectivity index (χ2n) is 5.70. The molecule has 2 aromatic carbocycles. The zero-order valence-corrected chi connectivity index (χ0v) is 12.7. The Balaban J connectivity index is 2.74. The molecule has 0 radical (unpaired) electrons. The number of rotatable bonds is 2. The summed E-state index contributed by atoms with van der Waals surface area (Å²) in [5, 5.41) is 0. The average Bonchev–Trinajstić information content (AvgIpc) is 2.38. The predicted octanol–water partition coefficient (Wildman–Crippen LogP) is 3.51. The second kappa shape index (κ2) is 4.94. The van der Waals surface area contributed by atoms with Gasteiger partial charge in [-0.2, -0.15) is 0 Å². The van der Waals surface area contributed by atoms with Crippen LogP contribution in [0, 0.1) is 0 Å². The fourth-order valence-corrected chi connectivity index (χ4v) is 3.38. The first-order valence-corrected chi connectivity index (χ1v) is 7.92. The number of benzene rings is 2. The fraction of sp³-hybridized carbons (Fsp3) is 0.250. The Hall–Kier alpha value is -1.81. The van der Waals surface area contributed by atoms with E-state index in [1.54, 1.807) is 45.0 Å². The predicted molar refractivity (Wildman–Crippen MR) is 83.2 cm³/mol. The molecule has 20 heavy (non-hydrogen) atoms. The maximum atomic E-state index is 12.7. The molecule has 106 valence electrons. The molecular formula is C16H19NO2S. The lowest BCUT2D eigenvalue weighted by atomic mass is 10.0. The van der Waals surface area contributed by atoms with Crippen LogP contribution in [0.2, 0.25) is 0 Å². The molecule has 2 rings (SSSR count). The van der Waals surface area contributed by atoms with Crippen LogP contribution in [0.1, 0.15) is 20.8 Å². The Morgan fingerprint density at radius 2 is 1.35 bits per heavy atom. The van der Waals surface area contributed by atoms with Gasteiger partial charge in [-0.15, -0.1) is 0 Å². The summed E-state index contributed by atoms with van der Waals surface area (Å²) in [6.45, 7) is 5.11. The third-order valence-corrected chi connectivity index (χ3v) is 5.78. The fourth-order valence-electron chi connectivity index (χ4n) is 2.00. The molecule has 3 nitrogen and oxygen atoms in total. The monoisotopic (exact) mass is 289 g/mol. The van der Waals surface area contributed by atoms with Crippen molar-refractivity contribution in [1.82, 2.24) is 0 Å². The highest BCUT2D eigenvalue weighted by Gasteiger charge is 2.32. The Labute approximate surface area is 120 Å². The summed E-state index contributed by atoms with van der Waals surface area (Å²) >= 11 is 0. The van der Waals surface area contributed by atoms with Gasteiger partial charge in [0.15, 0.2) is 9.84 Å². The van der Waals surface area contributed by atoms with Crippen LogP contribution in [0.3, 0.4) is 0 Å². The number of anilines is 1. The number of hydrogen-bond donors (Lipinski definition) is 1. The zero-order chi connectivity index (χ0) is 15.0. The van der Waals surface area contributed by atoms with Gasteiger partial charge in [-0.1, -0.05) is 36.4 Å². The van der Waals surface area contributed by atoms with Crippen LogP contribution in [-0.4, -0.2) is 13.2 Å². The van der Waals surface area contributed by atoms with Gasteiger partial charge in [-0.25, -0.2) is 8.42 Å². The van der Waals surface area contributed by atoms with Crippen molar-refractivity contribution < 1.29 is 8.42 Å². The molecule has 0 bridgehead atoms. The van der Waals surface area contributed by atoms with Gasteiger partial charge in [0.2, 0.25) is 0 Å². The van der Waals surface area contributed by atoms with Crippen molar-refractivity contribution in [3.05, 3.63) is 48.5 Å². The molecule has 0 spiro atoms. The van der Waals surface area contributed by atoms with E-state index < -0.39 is 14.6 Å². The Morgan fingerprint density at radius 1 is 0.850 bits per heavy atom. The molecule has 0 saturated heterocycles. The molecule has 2 aromatic rings. The molecule has 0 aliphatic carbocycles. The molecule has 0 atom stereocenters. The van der Waals surface area contributed by atoms with Gasteiger partial charge in [0.05, 0.1) is 9.64 Å². The van der Waals surface area contributed by atoms with E-state index in [9.17, 15) is 8.42 Å². The quantitative estimate of drug-likeness (QED) is 0.861. The minimum absolute atomic E-state index is 0.324. The van der Waals surface area contributed by atoms with E-state index in [1.807, 2.05) is 24.3 Å². The zero-order valence-electron chi connectivity index (χ0n) is 11.9. The number of para-hydroxylation sites is 1. The van der Waals surface area contributed by atoms with Crippen LogP contribution in [-0.2, 0) is 9.84 Å². The van der Waals surface area contributed by atoms with E-state index in [0.717, 1.165) is 5.56 Å². The molecule has 0 aromatic heterocycles. The first kappa shape index (κ1) is 14.6.